The Balaban J connectivity index is 2.08. The van der Waals surface area contributed by atoms with Gasteiger partial charge in [-0.3, -0.25) is 5.10 Å². The first-order valence-corrected chi connectivity index (χ1v) is 5.87. The number of anilines is 1. The van der Waals surface area contributed by atoms with Crippen LogP contribution < -0.4 is 9.64 Å². The van der Waals surface area contributed by atoms with Crippen molar-refractivity contribution in [2.24, 2.45) is 0 Å². The number of H-pyrrole nitrogens is 1. The average molecular weight is 247 g/mol. The number of ether oxygens (including phenoxy) is 1. The number of hydrogen-bond acceptors (Lipinski definition) is 5. The molecule has 2 aromatic heterocycles. The van der Waals surface area contributed by atoms with Crippen LogP contribution >= 0.6 is 0 Å². The molecule has 6 nitrogen and oxygen atoms in total. The second-order valence-electron chi connectivity index (χ2n) is 4.03. The Morgan fingerprint density at radius 2 is 2.28 bits per heavy atom. The molecule has 0 aliphatic carbocycles. The van der Waals surface area contributed by atoms with Gasteiger partial charge < -0.3 is 9.64 Å². The zero-order valence-electron chi connectivity index (χ0n) is 10.8. The molecule has 0 saturated carbocycles. The molecule has 0 unspecified atom stereocenters. The van der Waals surface area contributed by atoms with Gasteiger partial charge in [0.1, 0.15) is 0 Å². The lowest BCUT2D eigenvalue weighted by atomic mass is 10.3. The minimum atomic E-state index is 0.590. The highest BCUT2D eigenvalue weighted by Gasteiger charge is 2.08. The van der Waals surface area contributed by atoms with Crippen molar-refractivity contribution in [3.63, 3.8) is 0 Å². The van der Waals surface area contributed by atoms with Gasteiger partial charge in [0, 0.05) is 25.0 Å². The summed E-state index contributed by atoms with van der Waals surface area (Å²) in [6.07, 6.45) is 1.69. The summed E-state index contributed by atoms with van der Waals surface area (Å²) in [7, 11) is 1.93. The smallest absolute Gasteiger partial charge is 0.228 e. The van der Waals surface area contributed by atoms with Crippen molar-refractivity contribution in [2.45, 2.75) is 20.4 Å². The van der Waals surface area contributed by atoms with E-state index in [1.54, 1.807) is 12.3 Å². The van der Waals surface area contributed by atoms with Crippen LogP contribution in [0.1, 0.15) is 18.3 Å². The molecule has 0 spiro atoms. The van der Waals surface area contributed by atoms with Gasteiger partial charge in [0.25, 0.3) is 0 Å². The van der Waals surface area contributed by atoms with E-state index in [-0.39, 0.29) is 0 Å². The van der Waals surface area contributed by atoms with E-state index in [2.05, 4.69) is 20.2 Å². The summed E-state index contributed by atoms with van der Waals surface area (Å²) in [4.78, 5) is 10.5. The molecule has 0 atom stereocenters. The van der Waals surface area contributed by atoms with Crippen LogP contribution in [0.3, 0.4) is 0 Å². The second-order valence-corrected chi connectivity index (χ2v) is 4.03. The van der Waals surface area contributed by atoms with E-state index in [4.69, 9.17) is 4.74 Å². The number of aromatic nitrogens is 4. The van der Waals surface area contributed by atoms with Crippen LogP contribution in [0.25, 0.3) is 0 Å². The molecule has 96 valence electrons. The van der Waals surface area contributed by atoms with Gasteiger partial charge in [-0.1, -0.05) is 0 Å². The van der Waals surface area contributed by atoms with E-state index in [9.17, 15) is 0 Å². The van der Waals surface area contributed by atoms with Gasteiger partial charge in [0.2, 0.25) is 11.8 Å². The average Bonchev–Trinajstić information content (AvgIpc) is 2.75. The first-order chi connectivity index (χ1) is 8.69. The number of aryl methyl sites for hydroxylation is 1. The van der Waals surface area contributed by atoms with Gasteiger partial charge in [-0.15, -0.1) is 0 Å². The Kier molecular flexibility index (Phi) is 3.76. The van der Waals surface area contributed by atoms with Gasteiger partial charge in [0.05, 0.1) is 18.8 Å². The molecule has 1 N–H and O–H groups in total. The van der Waals surface area contributed by atoms with Gasteiger partial charge >= 0.3 is 0 Å². The summed E-state index contributed by atoms with van der Waals surface area (Å²) in [6, 6.07) is 3.75. The van der Waals surface area contributed by atoms with Crippen molar-refractivity contribution in [1.82, 2.24) is 20.2 Å². The van der Waals surface area contributed by atoms with Crippen molar-refractivity contribution >= 4 is 5.95 Å². The SMILES string of the molecule is CCOc1ccnc(N(C)Cc2cc(C)[nH]n2)n1. The molecule has 0 fully saturated rings. The number of nitrogens with one attached hydrogen (secondary N) is 1. The minimum absolute atomic E-state index is 0.590. The topological polar surface area (TPSA) is 66.9 Å². The molecule has 0 aliphatic heterocycles. The predicted molar refractivity (Wildman–Crippen MR) is 68.6 cm³/mol. The van der Waals surface area contributed by atoms with Crippen molar-refractivity contribution in [1.29, 1.82) is 0 Å². The van der Waals surface area contributed by atoms with Crippen molar-refractivity contribution in [3.8, 4) is 5.88 Å². The van der Waals surface area contributed by atoms with Crippen molar-refractivity contribution in [2.75, 3.05) is 18.6 Å². The quantitative estimate of drug-likeness (QED) is 0.868. The third-order valence-corrected chi connectivity index (χ3v) is 2.41. The van der Waals surface area contributed by atoms with E-state index in [0.29, 0.717) is 25.0 Å². The molecule has 2 heterocycles. The lowest BCUT2D eigenvalue weighted by Gasteiger charge is -2.15. The Hall–Kier alpha value is -2.11. The molecule has 0 aromatic carbocycles. The highest BCUT2D eigenvalue weighted by Crippen LogP contribution is 2.13. The molecule has 2 aromatic rings. The number of hydrogen-bond donors (Lipinski definition) is 1. The van der Waals surface area contributed by atoms with Gasteiger partial charge in [-0.05, 0) is 19.9 Å². The highest BCUT2D eigenvalue weighted by molar-refractivity contribution is 5.31. The zero-order valence-corrected chi connectivity index (χ0v) is 10.8. The van der Waals surface area contributed by atoms with E-state index in [0.717, 1.165) is 11.4 Å². The number of aromatic amines is 1. The standard InChI is InChI=1S/C12H17N5O/c1-4-18-11-5-6-13-12(14-11)17(3)8-10-7-9(2)15-16-10/h5-7H,4,8H2,1-3H3,(H,15,16). The van der Waals surface area contributed by atoms with Crippen LogP contribution in [0.2, 0.25) is 0 Å². The third-order valence-electron chi connectivity index (χ3n) is 2.41. The van der Waals surface area contributed by atoms with Crippen molar-refractivity contribution in [3.05, 3.63) is 29.7 Å². The second kappa shape index (κ2) is 5.48. The Labute approximate surface area is 106 Å². The molecule has 0 aliphatic rings. The molecule has 18 heavy (non-hydrogen) atoms. The third kappa shape index (κ3) is 2.97. The predicted octanol–water partition coefficient (Wildman–Crippen LogP) is 1.54. The van der Waals surface area contributed by atoms with Crippen LogP contribution in [0.15, 0.2) is 18.3 Å². The maximum Gasteiger partial charge on any atom is 0.228 e. The monoisotopic (exact) mass is 247 g/mol. The van der Waals surface area contributed by atoms with E-state index in [1.807, 2.05) is 31.9 Å². The molecule has 0 bridgehead atoms. The van der Waals surface area contributed by atoms with Crippen LogP contribution in [0, 0.1) is 6.92 Å². The molecule has 0 amide bonds. The Bertz CT molecular complexity index is 511. The van der Waals surface area contributed by atoms with Crippen LogP contribution in [-0.2, 0) is 6.54 Å². The lowest BCUT2D eigenvalue weighted by molar-refractivity contribution is 0.326. The molecule has 2 rings (SSSR count). The Morgan fingerprint density at radius 3 is 2.94 bits per heavy atom. The zero-order chi connectivity index (χ0) is 13.0. The molecule has 6 heteroatoms. The fourth-order valence-corrected chi connectivity index (χ4v) is 1.61. The van der Waals surface area contributed by atoms with Crippen molar-refractivity contribution < 1.29 is 4.74 Å². The fourth-order valence-electron chi connectivity index (χ4n) is 1.61. The summed E-state index contributed by atoms with van der Waals surface area (Å²) >= 11 is 0. The normalized spacial score (nSPS) is 10.4. The maximum atomic E-state index is 5.35. The van der Waals surface area contributed by atoms with E-state index < -0.39 is 0 Å². The summed E-state index contributed by atoms with van der Waals surface area (Å²) in [5.74, 6) is 1.22. The lowest BCUT2D eigenvalue weighted by Crippen LogP contribution is -2.19. The Morgan fingerprint density at radius 1 is 1.44 bits per heavy atom. The first-order valence-electron chi connectivity index (χ1n) is 5.87. The fraction of sp³-hybridized carbons (Fsp3) is 0.417. The van der Waals surface area contributed by atoms with Crippen LogP contribution in [-0.4, -0.2) is 33.8 Å². The van der Waals surface area contributed by atoms with Gasteiger partial charge in [-0.2, -0.15) is 10.1 Å². The molecular weight excluding hydrogens is 230 g/mol. The molecular formula is C12H17N5O. The molecule has 0 saturated heterocycles. The van der Waals surface area contributed by atoms with E-state index in [1.165, 1.54) is 0 Å². The minimum Gasteiger partial charge on any atom is -0.478 e. The maximum absolute atomic E-state index is 5.35. The van der Waals surface area contributed by atoms with Gasteiger partial charge in [-0.25, -0.2) is 4.98 Å². The summed E-state index contributed by atoms with van der Waals surface area (Å²) < 4.78 is 5.35. The van der Waals surface area contributed by atoms with E-state index >= 15 is 0 Å². The van der Waals surface area contributed by atoms with Gasteiger partial charge in [0.15, 0.2) is 0 Å². The summed E-state index contributed by atoms with van der Waals surface area (Å²) in [6.45, 7) is 5.15. The largest absolute Gasteiger partial charge is 0.478 e. The molecule has 0 radical (unpaired) electrons. The van der Waals surface area contributed by atoms with Crippen LogP contribution in [0.4, 0.5) is 5.95 Å². The highest BCUT2D eigenvalue weighted by atomic mass is 16.5. The van der Waals surface area contributed by atoms with Crippen LogP contribution in [0.5, 0.6) is 5.88 Å². The first kappa shape index (κ1) is 12.3. The summed E-state index contributed by atoms with van der Waals surface area (Å²) in [5.41, 5.74) is 2.00. The number of nitrogens with zero attached hydrogens (tertiary/aromatic N) is 4. The summed E-state index contributed by atoms with van der Waals surface area (Å²) in [5, 5.41) is 7.10. The number of rotatable bonds is 5.